The van der Waals surface area contributed by atoms with Crippen LogP contribution in [0.4, 0.5) is 10.1 Å². The average molecular weight is 252 g/mol. The van der Waals surface area contributed by atoms with Crippen LogP contribution in [0.2, 0.25) is 0 Å². The lowest BCUT2D eigenvalue weighted by molar-refractivity contribution is 0.396. The lowest BCUT2D eigenvalue weighted by Gasteiger charge is -2.40. The summed E-state index contributed by atoms with van der Waals surface area (Å²) in [6.45, 7) is 6.14. The molecule has 3 nitrogen and oxygen atoms in total. The van der Waals surface area contributed by atoms with Crippen LogP contribution < -0.4 is 15.0 Å². The molecule has 0 spiro atoms. The molecule has 2 atom stereocenters. The molecule has 0 amide bonds. The molecule has 0 radical (unpaired) electrons. The molecule has 0 aromatic heterocycles. The van der Waals surface area contributed by atoms with E-state index in [0.717, 1.165) is 25.2 Å². The lowest BCUT2D eigenvalue weighted by atomic mass is 10.1. The summed E-state index contributed by atoms with van der Waals surface area (Å²) in [5.41, 5.74) is 0.909. The Bertz CT molecular complexity index is 411. The van der Waals surface area contributed by atoms with Crippen molar-refractivity contribution in [1.82, 2.24) is 5.32 Å². The van der Waals surface area contributed by atoms with Gasteiger partial charge in [-0.25, -0.2) is 4.39 Å². The topological polar surface area (TPSA) is 24.5 Å². The Morgan fingerprint density at radius 2 is 2.22 bits per heavy atom. The molecule has 0 bridgehead atoms. The maximum absolute atomic E-state index is 13.6. The van der Waals surface area contributed by atoms with Crippen LogP contribution in [0.3, 0.4) is 0 Å². The number of nitrogens with zero attached hydrogens (tertiary/aromatic N) is 1. The van der Waals surface area contributed by atoms with Crippen molar-refractivity contribution in [3.8, 4) is 5.75 Å². The highest BCUT2D eigenvalue weighted by Crippen LogP contribution is 2.27. The second-order valence-corrected chi connectivity index (χ2v) is 4.87. The second kappa shape index (κ2) is 5.57. The molecule has 1 aliphatic rings. The first-order valence-corrected chi connectivity index (χ1v) is 6.48. The summed E-state index contributed by atoms with van der Waals surface area (Å²) in [6.07, 6.45) is 1.04. The van der Waals surface area contributed by atoms with Crippen LogP contribution in [0.1, 0.15) is 20.3 Å². The average Bonchev–Trinajstić information content (AvgIpc) is 2.38. The molecule has 18 heavy (non-hydrogen) atoms. The molecule has 4 heteroatoms. The van der Waals surface area contributed by atoms with Gasteiger partial charge in [-0.2, -0.15) is 0 Å². The predicted molar refractivity (Wildman–Crippen MR) is 71.8 cm³/mol. The SMILES string of the molecule is CCC1CNC(C)CN1c1cc(F)cc(OC)c1. The minimum absolute atomic E-state index is 0.245. The van der Waals surface area contributed by atoms with Crippen molar-refractivity contribution in [3.63, 3.8) is 0 Å². The smallest absolute Gasteiger partial charge is 0.128 e. The van der Waals surface area contributed by atoms with E-state index >= 15 is 0 Å². The van der Waals surface area contributed by atoms with E-state index in [9.17, 15) is 4.39 Å². The van der Waals surface area contributed by atoms with Crippen LogP contribution in [-0.4, -0.2) is 32.3 Å². The number of benzene rings is 1. The maximum Gasteiger partial charge on any atom is 0.128 e. The Balaban J connectivity index is 2.29. The first-order valence-electron chi connectivity index (χ1n) is 6.48. The first kappa shape index (κ1) is 13.1. The van der Waals surface area contributed by atoms with Gasteiger partial charge < -0.3 is 15.0 Å². The van der Waals surface area contributed by atoms with Gasteiger partial charge in [-0.1, -0.05) is 6.92 Å². The third-order valence-corrected chi connectivity index (χ3v) is 3.51. The zero-order valence-corrected chi connectivity index (χ0v) is 11.2. The van der Waals surface area contributed by atoms with Gasteiger partial charge in [-0.3, -0.25) is 0 Å². The molecule has 1 aliphatic heterocycles. The number of ether oxygens (including phenoxy) is 1. The number of piperazine rings is 1. The minimum atomic E-state index is -0.245. The Labute approximate surface area is 108 Å². The summed E-state index contributed by atoms with van der Waals surface area (Å²) in [5, 5.41) is 3.46. The van der Waals surface area contributed by atoms with E-state index in [1.54, 1.807) is 13.2 Å². The first-order chi connectivity index (χ1) is 8.63. The molecule has 0 saturated carbocycles. The molecule has 2 rings (SSSR count). The molecule has 1 heterocycles. The zero-order chi connectivity index (χ0) is 13.1. The quantitative estimate of drug-likeness (QED) is 0.894. The van der Waals surface area contributed by atoms with E-state index in [2.05, 4.69) is 24.1 Å². The summed E-state index contributed by atoms with van der Waals surface area (Å²) in [5.74, 6) is 0.330. The van der Waals surface area contributed by atoms with E-state index in [4.69, 9.17) is 4.74 Å². The molecule has 100 valence electrons. The third-order valence-electron chi connectivity index (χ3n) is 3.51. The molecular formula is C14H21FN2O. The number of hydrogen-bond donors (Lipinski definition) is 1. The van der Waals surface area contributed by atoms with Gasteiger partial charge in [-0.05, 0) is 19.4 Å². The Morgan fingerprint density at radius 3 is 2.89 bits per heavy atom. The van der Waals surface area contributed by atoms with Gasteiger partial charge in [0.25, 0.3) is 0 Å². The molecule has 1 saturated heterocycles. The highest BCUT2D eigenvalue weighted by atomic mass is 19.1. The molecule has 1 fully saturated rings. The number of rotatable bonds is 3. The Kier molecular flexibility index (Phi) is 4.07. The van der Waals surface area contributed by atoms with Crippen LogP contribution in [0.25, 0.3) is 0 Å². The van der Waals surface area contributed by atoms with E-state index < -0.39 is 0 Å². The number of hydrogen-bond acceptors (Lipinski definition) is 3. The highest BCUT2D eigenvalue weighted by Gasteiger charge is 2.25. The monoisotopic (exact) mass is 252 g/mol. The number of halogens is 1. The van der Waals surface area contributed by atoms with Crippen molar-refractivity contribution in [3.05, 3.63) is 24.0 Å². The molecule has 0 aliphatic carbocycles. The highest BCUT2D eigenvalue weighted by molar-refractivity contribution is 5.52. The molecular weight excluding hydrogens is 231 g/mol. The van der Waals surface area contributed by atoms with Gasteiger partial charge in [0.15, 0.2) is 0 Å². The lowest BCUT2D eigenvalue weighted by Crippen LogP contribution is -2.55. The van der Waals surface area contributed by atoms with Gasteiger partial charge in [0.05, 0.1) is 7.11 Å². The molecule has 1 N–H and O–H groups in total. The van der Waals surface area contributed by atoms with Crippen LogP contribution in [-0.2, 0) is 0 Å². The van der Waals surface area contributed by atoms with Crippen LogP contribution in [0.5, 0.6) is 5.75 Å². The summed E-state index contributed by atoms with van der Waals surface area (Å²) in [7, 11) is 1.57. The fraction of sp³-hybridized carbons (Fsp3) is 0.571. The second-order valence-electron chi connectivity index (χ2n) is 4.87. The largest absolute Gasteiger partial charge is 0.497 e. The van der Waals surface area contributed by atoms with Crippen LogP contribution >= 0.6 is 0 Å². The van der Waals surface area contributed by atoms with Crippen molar-refractivity contribution in [2.24, 2.45) is 0 Å². The van der Waals surface area contributed by atoms with E-state index in [1.165, 1.54) is 6.07 Å². The summed E-state index contributed by atoms with van der Waals surface area (Å²) in [4.78, 5) is 2.27. The summed E-state index contributed by atoms with van der Waals surface area (Å²) in [6, 6.07) is 5.73. The maximum atomic E-state index is 13.6. The van der Waals surface area contributed by atoms with Crippen molar-refractivity contribution in [2.75, 3.05) is 25.1 Å². The molecule has 2 unspecified atom stereocenters. The molecule has 1 aromatic rings. The minimum Gasteiger partial charge on any atom is -0.497 e. The van der Waals surface area contributed by atoms with Crippen LogP contribution in [0, 0.1) is 5.82 Å². The Morgan fingerprint density at radius 1 is 1.44 bits per heavy atom. The van der Waals surface area contributed by atoms with E-state index in [-0.39, 0.29) is 5.82 Å². The van der Waals surface area contributed by atoms with Gasteiger partial charge in [0, 0.05) is 43.0 Å². The predicted octanol–water partition coefficient (Wildman–Crippen LogP) is 2.41. The summed E-state index contributed by atoms with van der Waals surface area (Å²) >= 11 is 0. The van der Waals surface area contributed by atoms with Gasteiger partial charge in [-0.15, -0.1) is 0 Å². The van der Waals surface area contributed by atoms with E-state index in [1.807, 2.05) is 6.07 Å². The van der Waals surface area contributed by atoms with Crippen molar-refractivity contribution in [2.45, 2.75) is 32.4 Å². The Hall–Kier alpha value is -1.29. The van der Waals surface area contributed by atoms with Crippen molar-refractivity contribution in [1.29, 1.82) is 0 Å². The van der Waals surface area contributed by atoms with E-state index in [0.29, 0.717) is 17.8 Å². The number of nitrogens with one attached hydrogen (secondary N) is 1. The van der Waals surface area contributed by atoms with Crippen molar-refractivity contribution >= 4 is 5.69 Å². The fourth-order valence-electron chi connectivity index (χ4n) is 2.47. The molecule has 1 aromatic carbocycles. The standard InChI is InChI=1S/C14H21FN2O/c1-4-12-8-16-10(2)9-17(12)13-5-11(15)6-14(7-13)18-3/h5-7,10,12,16H,4,8-9H2,1-3H3. The van der Waals surface area contributed by atoms with Gasteiger partial charge in [0.2, 0.25) is 0 Å². The van der Waals surface area contributed by atoms with Crippen LogP contribution in [0.15, 0.2) is 18.2 Å². The summed E-state index contributed by atoms with van der Waals surface area (Å²) < 4.78 is 18.7. The fourth-order valence-corrected chi connectivity index (χ4v) is 2.47. The third kappa shape index (κ3) is 2.75. The van der Waals surface area contributed by atoms with Gasteiger partial charge >= 0.3 is 0 Å². The zero-order valence-electron chi connectivity index (χ0n) is 11.2. The normalized spacial score (nSPS) is 24.1. The van der Waals surface area contributed by atoms with Crippen molar-refractivity contribution < 1.29 is 9.13 Å². The van der Waals surface area contributed by atoms with Gasteiger partial charge in [0.1, 0.15) is 11.6 Å². The number of methoxy groups -OCH3 is 1. The number of anilines is 1.